The third kappa shape index (κ3) is 4.97. The average Bonchev–Trinajstić information content (AvgIpc) is 3.05. The van der Waals surface area contributed by atoms with Gasteiger partial charge in [-0.3, -0.25) is 14.4 Å². The largest absolute Gasteiger partial charge is 0.370 e. The van der Waals surface area contributed by atoms with Gasteiger partial charge in [0.25, 0.3) is 5.91 Å². The number of carbonyl (C=O) groups excluding carboxylic acids is 1. The van der Waals surface area contributed by atoms with Crippen LogP contribution in [0.25, 0.3) is 16.7 Å². The smallest absolute Gasteiger partial charge is 0.354 e. The number of nitrogens with zero attached hydrogens (tertiary/aromatic N) is 3. The second-order valence-electron chi connectivity index (χ2n) is 5.76. The van der Waals surface area contributed by atoms with Crippen LogP contribution in [0.15, 0.2) is 46.3 Å². The molecule has 9 heteroatoms. The predicted molar refractivity (Wildman–Crippen MR) is 111 cm³/mol. The number of aliphatic imine (C=N–C) groups is 1. The van der Waals surface area contributed by atoms with Gasteiger partial charge in [-0.2, -0.15) is 4.98 Å². The highest BCUT2D eigenvalue weighted by molar-refractivity contribution is 5.94. The molecule has 0 aliphatic carbocycles. The van der Waals surface area contributed by atoms with Crippen molar-refractivity contribution in [3.05, 3.63) is 58.3 Å². The molecule has 0 saturated carbocycles. The van der Waals surface area contributed by atoms with Crippen molar-refractivity contribution < 1.29 is 4.79 Å². The summed E-state index contributed by atoms with van der Waals surface area (Å²) in [6, 6.07) is 8.59. The third-order valence-corrected chi connectivity index (χ3v) is 3.74. The van der Waals surface area contributed by atoms with Crippen molar-refractivity contribution in [1.82, 2.24) is 19.9 Å². The minimum atomic E-state index is -0.395. The SMILES string of the molecule is CC.Cc1cc2cn(-c3ccc(C(=O)NCCN=C(N)N)cc3)c(=O)nc2[nH]1. The highest BCUT2D eigenvalue weighted by atomic mass is 16.2. The molecule has 0 spiro atoms. The average molecular weight is 383 g/mol. The summed E-state index contributed by atoms with van der Waals surface area (Å²) in [6.07, 6.45) is 1.72. The van der Waals surface area contributed by atoms with Gasteiger partial charge >= 0.3 is 5.69 Å². The highest BCUT2D eigenvalue weighted by Gasteiger charge is 2.08. The zero-order chi connectivity index (χ0) is 20.7. The number of nitrogens with one attached hydrogen (secondary N) is 2. The first-order valence-corrected chi connectivity index (χ1v) is 8.97. The van der Waals surface area contributed by atoms with Gasteiger partial charge < -0.3 is 21.8 Å². The molecule has 1 aromatic carbocycles. The Hall–Kier alpha value is -3.62. The monoisotopic (exact) mass is 383 g/mol. The van der Waals surface area contributed by atoms with Gasteiger partial charge in [0.15, 0.2) is 5.96 Å². The Morgan fingerprint density at radius 1 is 1.25 bits per heavy atom. The van der Waals surface area contributed by atoms with Crippen LogP contribution < -0.4 is 22.5 Å². The summed E-state index contributed by atoms with van der Waals surface area (Å²) >= 11 is 0. The van der Waals surface area contributed by atoms with Crippen molar-refractivity contribution in [2.24, 2.45) is 16.5 Å². The van der Waals surface area contributed by atoms with Crippen LogP contribution in [0.1, 0.15) is 29.9 Å². The molecule has 0 fully saturated rings. The highest BCUT2D eigenvalue weighted by Crippen LogP contribution is 2.13. The van der Waals surface area contributed by atoms with Crippen molar-refractivity contribution in [3.63, 3.8) is 0 Å². The van der Waals surface area contributed by atoms with Crippen molar-refractivity contribution in [2.75, 3.05) is 13.1 Å². The van der Waals surface area contributed by atoms with Gasteiger partial charge in [0, 0.05) is 29.4 Å². The fourth-order valence-electron chi connectivity index (χ4n) is 2.55. The van der Waals surface area contributed by atoms with Crippen LogP contribution in [-0.4, -0.2) is 39.5 Å². The van der Waals surface area contributed by atoms with E-state index in [1.165, 1.54) is 4.57 Å². The Bertz CT molecular complexity index is 1030. The normalized spacial score (nSPS) is 10.1. The molecule has 0 bridgehead atoms. The van der Waals surface area contributed by atoms with E-state index >= 15 is 0 Å². The summed E-state index contributed by atoms with van der Waals surface area (Å²) in [6.45, 7) is 6.53. The molecule has 0 radical (unpaired) electrons. The second-order valence-corrected chi connectivity index (χ2v) is 5.76. The van der Waals surface area contributed by atoms with E-state index in [0.717, 1.165) is 11.1 Å². The number of aromatic nitrogens is 3. The maximum absolute atomic E-state index is 12.2. The molecule has 0 saturated heterocycles. The molecule has 0 aliphatic heterocycles. The Balaban J connectivity index is 0.00000136. The molecule has 6 N–H and O–H groups in total. The number of hydrogen-bond acceptors (Lipinski definition) is 4. The van der Waals surface area contributed by atoms with Crippen molar-refractivity contribution in [1.29, 1.82) is 0 Å². The van der Waals surface area contributed by atoms with Crippen molar-refractivity contribution in [2.45, 2.75) is 20.8 Å². The lowest BCUT2D eigenvalue weighted by molar-refractivity contribution is 0.0955. The molecular weight excluding hydrogens is 358 g/mol. The zero-order valence-corrected chi connectivity index (χ0v) is 16.2. The van der Waals surface area contributed by atoms with E-state index in [1.54, 1.807) is 30.5 Å². The molecule has 0 atom stereocenters. The Morgan fingerprint density at radius 3 is 2.57 bits per heavy atom. The van der Waals surface area contributed by atoms with Crippen LogP contribution in [0.2, 0.25) is 0 Å². The third-order valence-electron chi connectivity index (χ3n) is 3.74. The standard InChI is InChI=1S/C17H19N7O2.C2H6/c1-10-8-12-9-24(17(26)23-14(12)22-10)13-4-2-11(3-5-13)15(25)20-6-7-21-16(18)19;1-2/h2-5,8-9H,6-7H2,1H3,(H,20,25)(H4,18,19,21)(H,22,23,26);1-2H3. The van der Waals surface area contributed by atoms with E-state index in [1.807, 2.05) is 26.8 Å². The maximum Gasteiger partial charge on any atom is 0.354 e. The van der Waals surface area contributed by atoms with E-state index in [9.17, 15) is 9.59 Å². The quantitative estimate of drug-likeness (QED) is 0.296. The van der Waals surface area contributed by atoms with Gasteiger partial charge in [0.05, 0.1) is 12.2 Å². The topological polar surface area (TPSA) is 144 Å². The summed E-state index contributed by atoms with van der Waals surface area (Å²) < 4.78 is 1.44. The minimum absolute atomic E-state index is 0.0164. The number of guanidine groups is 1. The molecule has 3 aromatic rings. The van der Waals surface area contributed by atoms with Gasteiger partial charge in [0.2, 0.25) is 0 Å². The first kappa shape index (κ1) is 20.7. The summed E-state index contributed by atoms with van der Waals surface area (Å²) in [5.74, 6) is -0.262. The fourth-order valence-corrected chi connectivity index (χ4v) is 2.55. The van der Waals surface area contributed by atoms with Crippen molar-refractivity contribution in [3.8, 4) is 5.69 Å². The van der Waals surface area contributed by atoms with E-state index in [4.69, 9.17) is 11.5 Å². The summed E-state index contributed by atoms with van der Waals surface area (Å²) in [5.41, 5.74) is 12.6. The first-order valence-electron chi connectivity index (χ1n) is 8.97. The molecule has 3 rings (SSSR count). The molecular formula is C19H25N7O2. The molecule has 148 valence electrons. The van der Waals surface area contributed by atoms with E-state index in [2.05, 4.69) is 20.3 Å². The maximum atomic E-state index is 12.2. The molecule has 2 aromatic heterocycles. The molecule has 28 heavy (non-hydrogen) atoms. The van der Waals surface area contributed by atoms with Crippen LogP contribution in [0.3, 0.4) is 0 Å². The number of carbonyl (C=O) groups is 1. The van der Waals surface area contributed by atoms with E-state index in [-0.39, 0.29) is 11.9 Å². The first-order chi connectivity index (χ1) is 13.4. The van der Waals surface area contributed by atoms with Crippen LogP contribution >= 0.6 is 0 Å². The lowest BCUT2D eigenvalue weighted by Gasteiger charge is -2.07. The van der Waals surface area contributed by atoms with E-state index in [0.29, 0.717) is 30.0 Å². The fraction of sp³-hybridized carbons (Fsp3) is 0.263. The number of aryl methyl sites for hydroxylation is 1. The number of hydrogen-bond donors (Lipinski definition) is 4. The number of fused-ring (bicyclic) bond motifs is 1. The molecule has 9 nitrogen and oxygen atoms in total. The van der Waals surface area contributed by atoms with Crippen LogP contribution in [-0.2, 0) is 0 Å². The number of benzene rings is 1. The predicted octanol–water partition coefficient (Wildman–Crippen LogP) is 1.05. The molecule has 1 amide bonds. The Morgan fingerprint density at radius 2 is 1.93 bits per heavy atom. The van der Waals surface area contributed by atoms with Gasteiger partial charge in [0.1, 0.15) is 5.65 Å². The van der Waals surface area contributed by atoms with E-state index < -0.39 is 5.69 Å². The molecule has 0 aliphatic rings. The van der Waals surface area contributed by atoms with Gasteiger partial charge in [-0.05, 0) is 37.3 Å². The number of rotatable bonds is 5. The summed E-state index contributed by atoms with van der Waals surface area (Å²) in [5, 5.41) is 3.55. The number of H-pyrrole nitrogens is 1. The van der Waals surface area contributed by atoms with Crippen LogP contribution in [0, 0.1) is 6.92 Å². The number of aromatic amines is 1. The molecule has 0 unspecified atom stereocenters. The van der Waals surface area contributed by atoms with Gasteiger partial charge in [-0.1, -0.05) is 13.8 Å². The summed E-state index contributed by atoms with van der Waals surface area (Å²) in [7, 11) is 0. The lowest BCUT2D eigenvalue weighted by atomic mass is 10.2. The zero-order valence-electron chi connectivity index (χ0n) is 16.2. The van der Waals surface area contributed by atoms with Gasteiger partial charge in [-0.15, -0.1) is 0 Å². The van der Waals surface area contributed by atoms with Crippen LogP contribution in [0.4, 0.5) is 0 Å². The minimum Gasteiger partial charge on any atom is -0.370 e. The molecule has 2 heterocycles. The number of nitrogens with two attached hydrogens (primary N) is 2. The summed E-state index contributed by atoms with van der Waals surface area (Å²) in [4.78, 5) is 35.1. The number of amides is 1. The van der Waals surface area contributed by atoms with Gasteiger partial charge in [-0.25, -0.2) is 4.79 Å². The van der Waals surface area contributed by atoms with Crippen molar-refractivity contribution >= 4 is 22.9 Å². The lowest BCUT2D eigenvalue weighted by Crippen LogP contribution is -2.28. The Labute approximate surface area is 162 Å². The Kier molecular flexibility index (Phi) is 6.91. The van der Waals surface area contributed by atoms with Crippen LogP contribution in [0.5, 0.6) is 0 Å². The second kappa shape index (κ2) is 9.36.